The summed E-state index contributed by atoms with van der Waals surface area (Å²) >= 11 is 0. The van der Waals surface area contributed by atoms with Crippen molar-refractivity contribution in [2.24, 2.45) is 5.92 Å². The molecule has 2 aliphatic rings. The number of amides is 3. The van der Waals surface area contributed by atoms with Crippen molar-refractivity contribution in [1.29, 1.82) is 0 Å². The van der Waals surface area contributed by atoms with Crippen LogP contribution >= 0.6 is 0 Å². The normalized spacial score (nSPS) is 24.4. The van der Waals surface area contributed by atoms with E-state index in [4.69, 9.17) is 0 Å². The molecular weight excluding hydrogens is 232 g/mol. The molecule has 2 fully saturated rings. The van der Waals surface area contributed by atoms with E-state index < -0.39 is 0 Å². The van der Waals surface area contributed by atoms with Crippen molar-refractivity contribution in [3.05, 3.63) is 0 Å². The number of piperidine rings is 1. The minimum absolute atomic E-state index is 0.101. The molecule has 0 bridgehead atoms. The molecule has 0 aromatic heterocycles. The van der Waals surface area contributed by atoms with Crippen molar-refractivity contribution in [2.45, 2.75) is 12.8 Å². The maximum Gasteiger partial charge on any atom is 0.324 e. The number of hydrogen-bond donors (Lipinski definition) is 2. The molecule has 2 aliphatic heterocycles. The summed E-state index contributed by atoms with van der Waals surface area (Å²) in [5.74, 6) is 0.514. The van der Waals surface area contributed by atoms with Crippen LogP contribution in [0.25, 0.3) is 0 Å². The summed E-state index contributed by atoms with van der Waals surface area (Å²) in [5.41, 5.74) is 0. The van der Waals surface area contributed by atoms with Crippen LogP contribution in [0.1, 0.15) is 12.8 Å². The van der Waals surface area contributed by atoms with Gasteiger partial charge in [-0.1, -0.05) is 0 Å². The predicted octanol–water partition coefficient (Wildman–Crippen LogP) is -0.530. The molecule has 0 saturated carbocycles. The summed E-state index contributed by atoms with van der Waals surface area (Å²) in [6.07, 6.45) is 2.43. The molecule has 1 unspecified atom stereocenters. The average molecular weight is 254 g/mol. The molecule has 2 rings (SSSR count). The van der Waals surface area contributed by atoms with Crippen LogP contribution < -0.4 is 10.6 Å². The summed E-state index contributed by atoms with van der Waals surface area (Å²) in [6, 6.07) is -0.257. The molecular formula is C12H22N4O2. The van der Waals surface area contributed by atoms with Crippen LogP contribution in [-0.2, 0) is 4.79 Å². The first-order valence-electron chi connectivity index (χ1n) is 6.64. The van der Waals surface area contributed by atoms with Crippen LogP contribution in [0.3, 0.4) is 0 Å². The molecule has 6 nitrogen and oxygen atoms in total. The molecule has 0 aromatic carbocycles. The smallest absolute Gasteiger partial charge is 0.324 e. The topological polar surface area (TPSA) is 64.7 Å². The number of hydrogen-bond acceptors (Lipinski definition) is 4. The van der Waals surface area contributed by atoms with Gasteiger partial charge in [-0.2, -0.15) is 0 Å². The third-order valence-corrected chi connectivity index (χ3v) is 3.53. The zero-order valence-corrected chi connectivity index (χ0v) is 10.9. The van der Waals surface area contributed by atoms with Crippen molar-refractivity contribution in [2.75, 3.05) is 46.3 Å². The van der Waals surface area contributed by atoms with E-state index in [1.165, 1.54) is 17.7 Å². The van der Waals surface area contributed by atoms with Gasteiger partial charge in [0, 0.05) is 19.6 Å². The Balaban J connectivity index is 1.74. The summed E-state index contributed by atoms with van der Waals surface area (Å²) in [5, 5.41) is 6.01. The Bertz CT molecular complexity index is 315. The van der Waals surface area contributed by atoms with Crippen LogP contribution in [0, 0.1) is 5.92 Å². The lowest BCUT2D eigenvalue weighted by Gasteiger charge is -2.27. The number of likely N-dealkylation sites (N-methyl/N-ethyl adjacent to an activating group) is 1. The molecule has 2 heterocycles. The summed E-state index contributed by atoms with van der Waals surface area (Å²) in [4.78, 5) is 26.6. The first-order valence-corrected chi connectivity index (χ1v) is 6.64. The van der Waals surface area contributed by atoms with E-state index in [2.05, 4.69) is 10.6 Å². The lowest BCUT2D eigenvalue weighted by molar-refractivity contribution is -0.128. The van der Waals surface area contributed by atoms with E-state index in [9.17, 15) is 9.59 Å². The van der Waals surface area contributed by atoms with Gasteiger partial charge in [0.2, 0.25) is 5.91 Å². The highest BCUT2D eigenvalue weighted by Gasteiger charge is 2.27. The molecule has 0 radical (unpaired) electrons. The van der Waals surface area contributed by atoms with E-state index in [1.807, 2.05) is 11.9 Å². The lowest BCUT2D eigenvalue weighted by atomic mass is 9.99. The first-order chi connectivity index (χ1) is 8.66. The van der Waals surface area contributed by atoms with Gasteiger partial charge in [0.05, 0.1) is 6.54 Å². The summed E-state index contributed by atoms with van der Waals surface area (Å²) < 4.78 is 0. The van der Waals surface area contributed by atoms with Gasteiger partial charge >= 0.3 is 6.03 Å². The van der Waals surface area contributed by atoms with E-state index in [0.29, 0.717) is 25.6 Å². The standard InChI is InChI=1S/C12H22N4O2/c1-15(8-10-3-2-4-13-7-10)9-11(17)16-6-5-14-12(16)18/h10,13H,2-9H2,1H3,(H,14,18). The molecule has 102 valence electrons. The first kappa shape index (κ1) is 13.3. The van der Waals surface area contributed by atoms with Gasteiger partial charge in [-0.15, -0.1) is 0 Å². The third kappa shape index (κ3) is 3.43. The summed E-state index contributed by atoms with van der Waals surface area (Å²) in [7, 11) is 1.94. The van der Waals surface area contributed by atoms with Crippen molar-refractivity contribution in [3.63, 3.8) is 0 Å². The van der Waals surface area contributed by atoms with Gasteiger partial charge in [-0.25, -0.2) is 4.79 Å². The van der Waals surface area contributed by atoms with Crippen LogP contribution in [-0.4, -0.2) is 68.1 Å². The van der Waals surface area contributed by atoms with E-state index in [1.54, 1.807) is 0 Å². The second-order valence-electron chi connectivity index (χ2n) is 5.19. The fraction of sp³-hybridized carbons (Fsp3) is 0.833. The maximum atomic E-state index is 11.9. The van der Waals surface area contributed by atoms with E-state index in [0.717, 1.165) is 19.6 Å². The Kier molecular flexibility index (Phi) is 4.54. The second kappa shape index (κ2) is 6.15. The van der Waals surface area contributed by atoms with E-state index >= 15 is 0 Å². The predicted molar refractivity (Wildman–Crippen MR) is 68.2 cm³/mol. The van der Waals surface area contributed by atoms with Crippen LogP contribution in [0.4, 0.5) is 4.79 Å². The molecule has 0 aromatic rings. The number of rotatable bonds is 4. The van der Waals surface area contributed by atoms with Crippen LogP contribution in [0.5, 0.6) is 0 Å². The van der Waals surface area contributed by atoms with Crippen LogP contribution in [0.15, 0.2) is 0 Å². The number of nitrogens with zero attached hydrogens (tertiary/aromatic N) is 2. The van der Waals surface area contributed by atoms with Crippen molar-refractivity contribution in [3.8, 4) is 0 Å². The largest absolute Gasteiger partial charge is 0.336 e. The van der Waals surface area contributed by atoms with Crippen molar-refractivity contribution >= 4 is 11.9 Å². The molecule has 18 heavy (non-hydrogen) atoms. The Morgan fingerprint density at radius 2 is 2.33 bits per heavy atom. The van der Waals surface area contributed by atoms with Gasteiger partial charge in [-0.05, 0) is 38.9 Å². The van der Waals surface area contributed by atoms with Gasteiger partial charge in [0.15, 0.2) is 0 Å². The monoisotopic (exact) mass is 254 g/mol. The Labute approximate surface area is 108 Å². The van der Waals surface area contributed by atoms with Gasteiger partial charge in [0.25, 0.3) is 0 Å². The molecule has 0 aliphatic carbocycles. The average Bonchev–Trinajstić information content (AvgIpc) is 2.76. The highest BCUT2D eigenvalue weighted by Crippen LogP contribution is 2.11. The number of imide groups is 1. The molecule has 2 saturated heterocycles. The molecule has 2 N–H and O–H groups in total. The molecule has 0 spiro atoms. The van der Waals surface area contributed by atoms with E-state index in [-0.39, 0.29) is 11.9 Å². The molecule has 1 atom stereocenters. The minimum Gasteiger partial charge on any atom is -0.336 e. The van der Waals surface area contributed by atoms with Gasteiger partial charge in [-0.3, -0.25) is 14.6 Å². The molecule has 6 heteroatoms. The van der Waals surface area contributed by atoms with Crippen LogP contribution in [0.2, 0.25) is 0 Å². The fourth-order valence-corrected chi connectivity index (χ4v) is 2.61. The highest BCUT2D eigenvalue weighted by molar-refractivity contribution is 5.96. The van der Waals surface area contributed by atoms with Gasteiger partial charge in [0.1, 0.15) is 0 Å². The Hall–Kier alpha value is -1.14. The number of nitrogens with one attached hydrogen (secondary N) is 2. The lowest BCUT2D eigenvalue weighted by Crippen LogP contribution is -2.43. The third-order valence-electron chi connectivity index (χ3n) is 3.53. The quantitative estimate of drug-likeness (QED) is 0.708. The number of carbonyl (C=O) groups excluding carboxylic acids is 2. The fourth-order valence-electron chi connectivity index (χ4n) is 2.61. The second-order valence-corrected chi connectivity index (χ2v) is 5.19. The summed E-state index contributed by atoms with van der Waals surface area (Å²) in [6.45, 7) is 4.44. The zero-order chi connectivity index (χ0) is 13.0. The number of urea groups is 1. The maximum absolute atomic E-state index is 11.9. The highest BCUT2D eigenvalue weighted by atomic mass is 16.2. The molecule has 3 amide bonds. The zero-order valence-electron chi connectivity index (χ0n) is 10.9. The number of carbonyl (C=O) groups is 2. The Morgan fingerprint density at radius 1 is 1.50 bits per heavy atom. The Morgan fingerprint density at radius 3 is 2.94 bits per heavy atom. The minimum atomic E-state index is -0.257. The van der Waals surface area contributed by atoms with Crippen molar-refractivity contribution < 1.29 is 9.59 Å². The van der Waals surface area contributed by atoms with Crippen molar-refractivity contribution in [1.82, 2.24) is 20.4 Å². The SMILES string of the molecule is CN(CC(=O)N1CCNC1=O)CC1CCCNC1. The van der Waals surface area contributed by atoms with Gasteiger partial charge < -0.3 is 10.6 Å².